The number of benzene rings is 1. The maximum absolute atomic E-state index is 11.3. The van der Waals surface area contributed by atoms with Crippen LogP contribution in [0.3, 0.4) is 0 Å². The minimum Gasteiger partial charge on any atom is -0.496 e. The molecule has 1 aromatic rings. The molecule has 0 bridgehead atoms. The third-order valence-electron chi connectivity index (χ3n) is 2.41. The summed E-state index contributed by atoms with van der Waals surface area (Å²) in [6.07, 6.45) is 0. The summed E-state index contributed by atoms with van der Waals surface area (Å²) in [4.78, 5) is 13.1. The van der Waals surface area contributed by atoms with E-state index in [0.29, 0.717) is 22.9 Å². The normalized spacial score (nSPS) is 12.5. The van der Waals surface area contributed by atoms with Crippen LogP contribution in [0.1, 0.15) is 11.5 Å². The number of ether oxygens (including phenoxy) is 1. The SMILES string of the molecule is COc1ccc(Cl)cc1C(CN(C)C)C(=O)O. The van der Waals surface area contributed by atoms with Crippen LogP contribution in [0.5, 0.6) is 5.75 Å². The van der Waals surface area contributed by atoms with Gasteiger partial charge in [0.05, 0.1) is 13.0 Å². The molecular formula is C12H16ClNO3. The second-order valence-corrected chi connectivity index (χ2v) is 4.48. The third kappa shape index (κ3) is 3.61. The predicted molar refractivity (Wildman–Crippen MR) is 66.9 cm³/mol. The van der Waals surface area contributed by atoms with Crippen LogP contribution in [-0.4, -0.2) is 43.7 Å². The van der Waals surface area contributed by atoms with Gasteiger partial charge in [0.15, 0.2) is 0 Å². The number of halogens is 1. The van der Waals surface area contributed by atoms with Gasteiger partial charge >= 0.3 is 5.97 Å². The Bertz CT molecular complexity index is 407. The van der Waals surface area contributed by atoms with Crippen molar-refractivity contribution in [3.8, 4) is 5.75 Å². The molecular weight excluding hydrogens is 242 g/mol. The average Bonchev–Trinajstić information content (AvgIpc) is 2.25. The zero-order chi connectivity index (χ0) is 13.0. The largest absolute Gasteiger partial charge is 0.496 e. The molecule has 94 valence electrons. The minimum atomic E-state index is -0.890. The fourth-order valence-electron chi connectivity index (χ4n) is 1.65. The molecule has 0 spiro atoms. The summed E-state index contributed by atoms with van der Waals surface area (Å²) in [5.74, 6) is -0.999. The molecule has 0 aliphatic carbocycles. The lowest BCUT2D eigenvalue weighted by molar-refractivity contribution is -0.139. The van der Waals surface area contributed by atoms with Crippen molar-refractivity contribution in [2.75, 3.05) is 27.7 Å². The number of methoxy groups -OCH3 is 1. The van der Waals surface area contributed by atoms with Gasteiger partial charge in [-0.25, -0.2) is 0 Å². The van der Waals surface area contributed by atoms with Gasteiger partial charge in [-0.05, 0) is 32.3 Å². The minimum absolute atomic E-state index is 0.395. The van der Waals surface area contributed by atoms with Crippen molar-refractivity contribution >= 4 is 17.6 Å². The molecule has 1 aromatic carbocycles. The number of rotatable bonds is 5. The van der Waals surface area contributed by atoms with Gasteiger partial charge in [-0.1, -0.05) is 11.6 Å². The molecule has 0 amide bonds. The van der Waals surface area contributed by atoms with Crippen LogP contribution >= 0.6 is 11.6 Å². The highest BCUT2D eigenvalue weighted by molar-refractivity contribution is 6.30. The highest BCUT2D eigenvalue weighted by atomic mass is 35.5. The monoisotopic (exact) mass is 257 g/mol. The first kappa shape index (κ1) is 13.8. The molecule has 17 heavy (non-hydrogen) atoms. The molecule has 1 unspecified atom stereocenters. The Morgan fingerprint density at radius 1 is 1.53 bits per heavy atom. The molecule has 5 heteroatoms. The van der Waals surface area contributed by atoms with Gasteiger partial charge in [0.25, 0.3) is 0 Å². The average molecular weight is 258 g/mol. The van der Waals surface area contributed by atoms with Crippen molar-refractivity contribution in [3.05, 3.63) is 28.8 Å². The summed E-state index contributed by atoms with van der Waals surface area (Å²) in [5, 5.41) is 9.77. The summed E-state index contributed by atoms with van der Waals surface area (Å²) in [5.41, 5.74) is 0.598. The van der Waals surface area contributed by atoms with Gasteiger partial charge in [-0.2, -0.15) is 0 Å². The standard InChI is InChI=1S/C12H16ClNO3/c1-14(2)7-10(12(15)16)9-6-8(13)4-5-11(9)17-3/h4-6,10H,7H2,1-3H3,(H,15,16). The summed E-state index contributed by atoms with van der Waals surface area (Å²) >= 11 is 5.90. The Morgan fingerprint density at radius 3 is 2.65 bits per heavy atom. The summed E-state index contributed by atoms with van der Waals surface area (Å²) in [6, 6.07) is 5.00. The highest BCUT2D eigenvalue weighted by Gasteiger charge is 2.24. The first-order valence-electron chi connectivity index (χ1n) is 5.16. The van der Waals surface area contributed by atoms with Crippen molar-refractivity contribution in [1.29, 1.82) is 0 Å². The van der Waals surface area contributed by atoms with E-state index in [1.165, 1.54) is 7.11 Å². The Balaban J connectivity index is 3.16. The van der Waals surface area contributed by atoms with Crippen LogP contribution in [-0.2, 0) is 4.79 Å². The third-order valence-corrected chi connectivity index (χ3v) is 2.65. The number of carboxylic acid groups (broad SMARTS) is 1. The smallest absolute Gasteiger partial charge is 0.312 e. The summed E-state index contributed by atoms with van der Waals surface area (Å²) < 4.78 is 5.17. The van der Waals surface area contributed by atoms with E-state index >= 15 is 0 Å². The lowest BCUT2D eigenvalue weighted by Crippen LogP contribution is -2.26. The first-order chi connectivity index (χ1) is 7.95. The molecule has 1 N–H and O–H groups in total. The zero-order valence-electron chi connectivity index (χ0n) is 10.1. The Kier molecular flexibility index (Phi) is 4.78. The number of hydrogen-bond donors (Lipinski definition) is 1. The van der Waals surface area contributed by atoms with Gasteiger partial charge in [0.1, 0.15) is 5.75 Å². The molecule has 0 saturated carbocycles. The van der Waals surface area contributed by atoms with Gasteiger partial charge in [-0.15, -0.1) is 0 Å². The maximum atomic E-state index is 11.3. The van der Waals surface area contributed by atoms with E-state index in [1.54, 1.807) is 18.2 Å². The molecule has 0 aliphatic rings. The van der Waals surface area contributed by atoms with Crippen molar-refractivity contribution in [2.24, 2.45) is 0 Å². The number of hydrogen-bond acceptors (Lipinski definition) is 3. The molecule has 0 aliphatic heterocycles. The van der Waals surface area contributed by atoms with Crippen molar-refractivity contribution in [1.82, 2.24) is 4.90 Å². The van der Waals surface area contributed by atoms with Gasteiger partial charge < -0.3 is 14.7 Å². The van der Waals surface area contributed by atoms with E-state index in [1.807, 2.05) is 19.0 Å². The van der Waals surface area contributed by atoms with Crippen LogP contribution in [0.25, 0.3) is 0 Å². The second-order valence-electron chi connectivity index (χ2n) is 4.04. The van der Waals surface area contributed by atoms with Crippen molar-refractivity contribution in [3.63, 3.8) is 0 Å². The molecule has 1 atom stereocenters. The second kappa shape index (κ2) is 5.89. The van der Waals surface area contributed by atoms with Gasteiger partial charge in [0.2, 0.25) is 0 Å². The predicted octanol–water partition coefficient (Wildman–Crippen LogP) is 2.08. The highest BCUT2D eigenvalue weighted by Crippen LogP contribution is 2.30. The van der Waals surface area contributed by atoms with E-state index in [2.05, 4.69) is 0 Å². The van der Waals surface area contributed by atoms with Gasteiger partial charge in [-0.3, -0.25) is 4.79 Å². The van der Waals surface area contributed by atoms with Crippen molar-refractivity contribution < 1.29 is 14.6 Å². The van der Waals surface area contributed by atoms with Crippen LogP contribution in [0.15, 0.2) is 18.2 Å². The lowest BCUT2D eigenvalue weighted by atomic mass is 9.98. The van der Waals surface area contributed by atoms with Gasteiger partial charge in [0, 0.05) is 17.1 Å². The maximum Gasteiger partial charge on any atom is 0.312 e. The molecule has 0 radical (unpaired) electrons. The molecule has 1 rings (SSSR count). The Labute approximate surface area is 106 Å². The van der Waals surface area contributed by atoms with Crippen LogP contribution < -0.4 is 4.74 Å². The summed E-state index contributed by atoms with van der Waals surface area (Å²) in [7, 11) is 5.17. The molecule has 0 saturated heterocycles. The fourth-order valence-corrected chi connectivity index (χ4v) is 1.83. The van der Waals surface area contributed by atoms with E-state index in [-0.39, 0.29) is 0 Å². The fraction of sp³-hybridized carbons (Fsp3) is 0.417. The summed E-state index contributed by atoms with van der Waals surface area (Å²) in [6.45, 7) is 0.395. The number of likely N-dealkylation sites (N-methyl/N-ethyl adjacent to an activating group) is 1. The van der Waals surface area contributed by atoms with E-state index in [4.69, 9.17) is 16.3 Å². The van der Waals surface area contributed by atoms with Crippen LogP contribution in [0.4, 0.5) is 0 Å². The van der Waals surface area contributed by atoms with Crippen LogP contribution in [0.2, 0.25) is 5.02 Å². The number of aliphatic carboxylic acids is 1. The Hall–Kier alpha value is -1.26. The Morgan fingerprint density at radius 2 is 2.18 bits per heavy atom. The first-order valence-corrected chi connectivity index (χ1v) is 5.54. The number of nitrogens with zero attached hydrogens (tertiary/aromatic N) is 1. The molecule has 4 nitrogen and oxygen atoms in total. The molecule has 0 heterocycles. The van der Waals surface area contributed by atoms with E-state index in [9.17, 15) is 9.90 Å². The number of carbonyl (C=O) groups is 1. The zero-order valence-corrected chi connectivity index (χ0v) is 10.9. The quantitative estimate of drug-likeness (QED) is 0.878. The van der Waals surface area contributed by atoms with E-state index in [0.717, 1.165) is 0 Å². The topological polar surface area (TPSA) is 49.8 Å². The molecule has 0 fully saturated rings. The molecule has 0 aromatic heterocycles. The lowest BCUT2D eigenvalue weighted by Gasteiger charge is -2.19. The number of carboxylic acids is 1. The van der Waals surface area contributed by atoms with Crippen molar-refractivity contribution in [2.45, 2.75) is 5.92 Å². The van der Waals surface area contributed by atoms with Crippen LogP contribution in [0, 0.1) is 0 Å². The van der Waals surface area contributed by atoms with E-state index < -0.39 is 11.9 Å².